The average molecular weight is 462 g/mol. The summed E-state index contributed by atoms with van der Waals surface area (Å²) in [7, 11) is 0. The summed E-state index contributed by atoms with van der Waals surface area (Å²) < 4.78 is 32.5. The molecule has 32 heavy (non-hydrogen) atoms. The van der Waals surface area contributed by atoms with Crippen LogP contribution in [0.15, 0.2) is 42.0 Å². The van der Waals surface area contributed by atoms with Crippen molar-refractivity contribution in [2.75, 3.05) is 19.6 Å². The van der Waals surface area contributed by atoms with Crippen LogP contribution in [-0.2, 0) is 0 Å². The molecule has 1 atom stereocenters. The molecule has 1 fully saturated rings. The molecule has 0 bridgehead atoms. The molecule has 1 aliphatic rings. The van der Waals surface area contributed by atoms with Crippen molar-refractivity contribution in [3.63, 3.8) is 0 Å². The number of nitrogens with one attached hydrogen (secondary N) is 1. The molecule has 1 unspecified atom stereocenters. The highest BCUT2D eigenvalue weighted by atomic mass is 32.1. The molecule has 2 aromatic heterocycles. The highest BCUT2D eigenvalue weighted by Crippen LogP contribution is 2.27. The maximum Gasteiger partial charge on any atom is 0.394 e. The number of hydrogen-bond donors (Lipinski definition) is 1. The van der Waals surface area contributed by atoms with Crippen molar-refractivity contribution in [1.82, 2.24) is 25.0 Å². The van der Waals surface area contributed by atoms with Crippen LogP contribution < -0.4 is 10.1 Å². The zero-order valence-electron chi connectivity index (χ0n) is 17.9. The van der Waals surface area contributed by atoms with Crippen LogP contribution >= 0.6 is 11.3 Å². The SMILES string of the molecule is CCCN(C(=O)c1csc(-c2cnn(-c3cccc(OC(C)(F)F)c3)c2)n1)C1CCNC1. The van der Waals surface area contributed by atoms with Gasteiger partial charge in [-0.05, 0) is 31.5 Å². The standard InChI is InChI=1S/C22H25F2N5O2S/c1-3-9-28(17-7-8-25-12-17)21(30)19-14-32-20(27-19)15-11-26-29(13-15)16-5-4-6-18(10-16)31-22(2,23)24/h4-6,10-11,13-14,17,25H,3,7-9,12H2,1-2H3. The predicted octanol–water partition coefficient (Wildman–Crippen LogP) is 4.20. The average Bonchev–Trinajstić information content (AvgIpc) is 3.51. The van der Waals surface area contributed by atoms with Gasteiger partial charge < -0.3 is 15.0 Å². The Hall–Kier alpha value is -2.85. The maximum absolute atomic E-state index is 13.2. The summed E-state index contributed by atoms with van der Waals surface area (Å²) in [5.41, 5.74) is 1.75. The lowest BCUT2D eigenvalue weighted by molar-refractivity contribution is -0.158. The van der Waals surface area contributed by atoms with Crippen molar-refractivity contribution >= 4 is 17.2 Å². The fraction of sp³-hybridized carbons (Fsp3) is 0.409. The van der Waals surface area contributed by atoms with Crippen LogP contribution in [0.2, 0.25) is 0 Å². The van der Waals surface area contributed by atoms with Crippen LogP contribution in [-0.4, -0.2) is 57.4 Å². The van der Waals surface area contributed by atoms with E-state index < -0.39 is 6.11 Å². The minimum Gasteiger partial charge on any atom is -0.433 e. The molecule has 0 radical (unpaired) electrons. The van der Waals surface area contributed by atoms with Crippen LogP contribution in [0.4, 0.5) is 8.78 Å². The lowest BCUT2D eigenvalue weighted by atomic mass is 10.2. The Morgan fingerprint density at radius 1 is 1.44 bits per heavy atom. The van der Waals surface area contributed by atoms with Crippen molar-refractivity contribution in [2.45, 2.75) is 38.8 Å². The van der Waals surface area contributed by atoms with Crippen LogP contribution in [0.5, 0.6) is 5.75 Å². The van der Waals surface area contributed by atoms with E-state index in [0.29, 0.717) is 29.9 Å². The van der Waals surface area contributed by atoms with Gasteiger partial charge in [0.05, 0.1) is 11.9 Å². The molecular formula is C22H25F2N5O2S. The fourth-order valence-corrected chi connectivity index (χ4v) is 4.49. The third kappa shape index (κ3) is 5.13. The van der Waals surface area contributed by atoms with Gasteiger partial charge in [0.1, 0.15) is 16.5 Å². The lowest BCUT2D eigenvalue weighted by Crippen LogP contribution is -2.42. The number of hydrogen-bond acceptors (Lipinski definition) is 6. The molecule has 0 spiro atoms. The number of carbonyl (C=O) groups excluding carboxylic acids is 1. The van der Waals surface area contributed by atoms with Gasteiger partial charge in [0, 0.05) is 49.3 Å². The monoisotopic (exact) mass is 461 g/mol. The highest BCUT2D eigenvalue weighted by Gasteiger charge is 2.28. The summed E-state index contributed by atoms with van der Waals surface area (Å²) in [6, 6.07) is 6.51. The molecule has 4 rings (SSSR count). The van der Waals surface area contributed by atoms with E-state index in [4.69, 9.17) is 0 Å². The first-order valence-electron chi connectivity index (χ1n) is 10.5. The second kappa shape index (κ2) is 9.33. The second-order valence-electron chi connectivity index (χ2n) is 7.76. The Bertz CT molecular complexity index is 1070. The van der Waals surface area contributed by atoms with Gasteiger partial charge in [-0.15, -0.1) is 11.3 Å². The molecule has 3 aromatic rings. The number of halogens is 2. The maximum atomic E-state index is 13.2. The van der Waals surface area contributed by atoms with Crippen molar-refractivity contribution < 1.29 is 18.3 Å². The van der Waals surface area contributed by atoms with E-state index in [9.17, 15) is 13.6 Å². The van der Waals surface area contributed by atoms with Crippen molar-refractivity contribution in [1.29, 1.82) is 0 Å². The summed E-state index contributed by atoms with van der Waals surface area (Å²) in [5.74, 6) is -0.00705. The topological polar surface area (TPSA) is 72.3 Å². The molecule has 1 amide bonds. The summed E-state index contributed by atoms with van der Waals surface area (Å²) in [4.78, 5) is 19.6. The number of rotatable bonds is 8. The van der Waals surface area contributed by atoms with Crippen LogP contribution in [0.25, 0.3) is 16.3 Å². The van der Waals surface area contributed by atoms with Gasteiger partial charge in [0.15, 0.2) is 0 Å². The van der Waals surface area contributed by atoms with Gasteiger partial charge in [0.2, 0.25) is 0 Å². The number of aromatic nitrogens is 3. The molecule has 1 N–H and O–H groups in total. The zero-order chi connectivity index (χ0) is 22.7. The number of nitrogens with zero attached hydrogens (tertiary/aromatic N) is 4. The normalized spacial score (nSPS) is 16.3. The van der Waals surface area contributed by atoms with Gasteiger partial charge in [-0.2, -0.15) is 13.9 Å². The van der Waals surface area contributed by atoms with E-state index in [1.165, 1.54) is 23.5 Å². The van der Waals surface area contributed by atoms with Crippen LogP contribution in [0, 0.1) is 0 Å². The Kier molecular flexibility index (Phi) is 6.52. The number of amides is 1. The van der Waals surface area contributed by atoms with Gasteiger partial charge in [-0.25, -0.2) is 9.67 Å². The first-order chi connectivity index (χ1) is 15.3. The Morgan fingerprint density at radius 2 is 2.28 bits per heavy atom. The number of alkyl halides is 2. The second-order valence-corrected chi connectivity index (χ2v) is 8.62. The van der Waals surface area contributed by atoms with Crippen molar-refractivity contribution in [2.24, 2.45) is 0 Å². The molecule has 3 heterocycles. The number of carbonyl (C=O) groups is 1. The summed E-state index contributed by atoms with van der Waals surface area (Å²) in [6.07, 6.45) is 1.96. The predicted molar refractivity (Wildman–Crippen MR) is 119 cm³/mol. The lowest BCUT2D eigenvalue weighted by Gasteiger charge is -2.27. The molecule has 0 aliphatic carbocycles. The van der Waals surface area contributed by atoms with Crippen molar-refractivity contribution in [3.05, 3.63) is 47.7 Å². The third-order valence-electron chi connectivity index (χ3n) is 5.13. The molecule has 1 aliphatic heterocycles. The Balaban J connectivity index is 1.52. The van der Waals surface area contributed by atoms with Gasteiger partial charge in [0.25, 0.3) is 5.91 Å². The van der Waals surface area contributed by atoms with Gasteiger partial charge in [-0.3, -0.25) is 4.79 Å². The number of ether oxygens (including phenoxy) is 1. The molecule has 1 saturated heterocycles. The molecule has 170 valence electrons. The highest BCUT2D eigenvalue weighted by molar-refractivity contribution is 7.13. The molecule has 0 saturated carbocycles. The summed E-state index contributed by atoms with van der Waals surface area (Å²) in [5, 5.41) is 10.1. The third-order valence-corrected chi connectivity index (χ3v) is 6.02. The van der Waals surface area contributed by atoms with Gasteiger partial charge in [-0.1, -0.05) is 13.0 Å². The van der Waals surface area contributed by atoms with Crippen molar-refractivity contribution in [3.8, 4) is 22.0 Å². The van der Waals surface area contributed by atoms with E-state index in [2.05, 4.69) is 27.1 Å². The quantitative estimate of drug-likeness (QED) is 0.544. The number of benzene rings is 1. The van der Waals surface area contributed by atoms with E-state index >= 15 is 0 Å². The Morgan fingerprint density at radius 3 is 3.00 bits per heavy atom. The smallest absolute Gasteiger partial charge is 0.394 e. The van der Waals surface area contributed by atoms with Crippen LogP contribution in [0.1, 0.15) is 37.2 Å². The summed E-state index contributed by atoms with van der Waals surface area (Å²) >= 11 is 1.38. The number of thiazole rings is 1. The van der Waals surface area contributed by atoms with E-state index in [1.807, 2.05) is 4.90 Å². The molecule has 7 nitrogen and oxygen atoms in total. The Labute approximate surface area is 189 Å². The minimum absolute atomic E-state index is 0.0478. The summed E-state index contributed by atoms with van der Waals surface area (Å²) in [6.45, 7) is 5.18. The minimum atomic E-state index is -3.27. The molecule has 10 heteroatoms. The zero-order valence-corrected chi connectivity index (χ0v) is 18.7. The first kappa shape index (κ1) is 22.3. The van der Waals surface area contributed by atoms with E-state index in [1.54, 1.807) is 34.6 Å². The van der Waals surface area contributed by atoms with E-state index in [0.717, 1.165) is 31.5 Å². The van der Waals surface area contributed by atoms with E-state index in [-0.39, 0.29) is 17.7 Å². The van der Waals surface area contributed by atoms with Gasteiger partial charge >= 0.3 is 6.11 Å². The molecular weight excluding hydrogens is 436 g/mol. The van der Waals surface area contributed by atoms with Crippen LogP contribution in [0.3, 0.4) is 0 Å². The largest absolute Gasteiger partial charge is 0.433 e. The fourth-order valence-electron chi connectivity index (χ4n) is 3.72. The molecule has 1 aromatic carbocycles. The first-order valence-corrected chi connectivity index (χ1v) is 11.4.